The Bertz CT molecular complexity index is 739. The van der Waals surface area contributed by atoms with Gasteiger partial charge < -0.3 is 4.98 Å². The summed E-state index contributed by atoms with van der Waals surface area (Å²) in [5, 5.41) is 5.68. The predicted molar refractivity (Wildman–Crippen MR) is 63.4 cm³/mol. The van der Waals surface area contributed by atoms with Crippen LogP contribution in [-0.2, 0) is 6.18 Å². The van der Waals surface area contributed by atoms with E-state index in [4.69, 9.17) is 0 Å². The van der Waals surface area contributed by atoms with Crippen molar-refractivity contribution in [2.45, 2.75) is 13.1 Å². The number of benzene rings is 1. The van der Waals surface area contributed by atoms with E-state index in [0.29, 0.717) is 5.56 Å². The molecule has 0 aliphatic heterocycles. The summed E-state index contributed by atoms with van der Waals surface area (Å²) in [6.07, 6.45) is -4.42. The molecule has 0 spiro atoms. The fourth-order valence-electron chi connectivity index (χ4n) is 1.91. The number of hydrogen-bond donors (Lipinski definition) is 2. The van der Waals surface area contributed by atoms with E-state index in [1.54, 1.807) is 18.2 Å². The molecule has 0 bridgehead atoms. The molecule has 3 aromatic rings. The molecule has 1 aromatic carbocycles. The highest BCUT2D eigenvalue weighted by molar-refractivity contribution is 5.81. The van der Waals surface area contributed by atoms with Gasteiger partial charge in [-0.2, -0.15) is 18.3 Å². The van der Waals surface area contributed by atoms with Crippen LogP contribution in [0.4, 0.5) is 13.2 Å². The molecule has 0 aliphatic carbocycles. The van der Waals surface area contributed by atoms with E-state index in [2.05, 4.69) is 15.1 Å². The van der Waals surface area contributed by atoms with Crippen LogP contribution in [0.1, 0.15) is 11.5 Å². The van der Waals surface area contributed by atoms with Gasteiger partial charge in [-0.3, -0.25) is 5.10 Å². The number of aromatic amines is 2. The lowest BCUT2D eigenvalue weighted by atomic mass is 10.1. The quantitative estimate of drug-likeness (QED) is 0.710. The van der Waals surface area contributed by atoms with Crippen LogP contribution in [0.25, 0.3) is 22.3 Å². The molecular weight excluding hydrogens is 257 g/mol. The summed E-state index contributed by atoms with van der Waals surface area (Å²) in [5.74, 6) is 0.755. The first-order chi connectivity index (χ1) is 8.93. The number of hydrogen-bond acceptors (Lipinski definition) is 2. The molecule has 0 atom stereocenters. The number of H-pyrrole nitrogens is 2. The molecule has 4 nitrogen and oxygen atoms in total. The van der Waals surface area contributed by atoms with Crippen molar-refractivity contribution in [1.82, 2.24) is 20.2 Å². The van der Waals surface area contributed by atoms with E-state index in [0.717, 1.165) is 22.9 Å². The zero-order chi connectivity index (χ0) is 13.6. The SMILES string of the molecule is Cc1nc2ccc(-c3cc(C(F)(F)F)[nH]n3)cc2[nH]1. The van der Waals surface area contributed by atoms with Crippen LogP contribution in [0.3, 0.4) is 0 Å². The van der Waals surface area contributed by atoms with Gasteiger partial charge in [0.1, 0.15) is 11.5 Å². The highest BCUT2D eigenvalue weighted by Crippen LogP contribution is 2.30. The first kappa shape index (κ1) is 11.8. The third-order valence-corrected chi connectivity index (χ3v) is 2.78. The lowest BCUT2D eigenvalue weighted by molar-refractivity contribution is -0.141. The van der Waals surface area contributed by atoms with Crippen molar-refractivity contribution < 1.29 is 13.2 Å². The highest BCUT2D eigenvalue weighted by Gasteiger charge is 2.33. The van der Waals surface area contributed by atoms with Crippen LogP contribution < -0.4 is 0 Å². The van der Waals surface area contributed by atoms with Gasteiger partial charge in [0, 0.05) is 5.56 Å². The highest BCUT2D eigenvalue weighted by atomic mass is 19.4. The number of nitrogens with one attached hydrogen (secondary N) is 2. The number of fused-ring (bicyclic) bond motifs is 1. The van der Waals surface area contributed by atoms with Crippen molar-refractivity contribution in [3.8, 4) is 11.3 Å². The number of nitrogens with zero attached hydrogens (tertiary/aromatic N) is 2. The van der Waals surface area contributed by atoms with Crippen LogP contribution in [0.2, 0.25) is 0 Å². The van der Waals surface area contributed by atoms with Crippen molar-refractivity contribution in [1.29, 1.82) is 0 Å². The van der Waals surface area contributed by atoms with E-state index in [9.17, 15) is 13.2 Å². The lowest BCUT2D eigenvalue weighted by Gasteiger charge is -2.00. The molecule has 2 N–H and O–H groups in total. The number of imidazole rings is 1. The molecule has 7 heteroatoms. The minimum absolute atomic E-state index is 0.251. The summed E-state index contributed by atoms with van der Waals surface area (Å²) in [4.78, 5) is 7.26. The number of aryl methyl sites for hydroxylation is 1. The van der Waals surface area contributed by atoms with Gasteiger partial charge in [-0.15, -0.1) is 0 Å². The third kappa shape index (κ3) is 2.07. The Morgan fingerprint density at radius 1 is 1.16 bits per heavy atom. The molecule has 0 unspecified atom stereocenters. The second kappa shape index (κ2) is 3.84. The summed E-state index contributed by atoms with van der Waals surface area (Å²) < 4.78 is 37.5. The van der Waals surface area contributed by atoms with Crippen LogP contribution in [-0.4, -0.2) is 20.2 Å². The molecule has 0 saturated carbocycles. The van der Waals surface area contributed by atoms with Crippen LogP contribution in [0, 0.1) is 6.92 Å². The van der Waals surface area contributed by atoms with Crippen LogP contribution in [0.15, 0.2) is 24.3 Å². The van der Waals surface area contributed by atoms with E-state index < -0.39 is 11.9 Å². The summed E-state index contributed by atoms with van der Waals surface area (Å²) in [6, 6.07) is 6.16. The maximum atomic E-state index is 12.5. The Balaban J connectivity index is 2.06. The minimum Gasteiger partial charge on any atom is -0.342 e. The Morgan fingerprint density at radius 3 is 2.63 bits per heavy atom. The third-order valence-electron chi connectivity index (χ3n) is 2.78. The van der Waals surface area contributed by atoms with Crippen molar-refractivity contribution in [3.05, 3.63) is 35.8 Å². The van der Waals surface area contributed by atoms with Gasteiger partial charge in [0.2, 0.25) is 0 Å². The monoisotopic (exact) mass is 266 g/mol. The Morgan fingerprint density at radius 2 is 1.95 bits per heavy atom. The predicted octanol–water partition coefficient (Wildman–Crippen LogP) is 3.28. The smallest absolute Gasteiger partial charge is 0.342 e. The largest absolute Gasteiger partial charge is 0.432 e. The summed E-state index contributed by atoms with van der Waals surface area (Å²) in [6.45, 7) is 1.82. The summed E-state index contributed by atoms with van der Waals surface area (Å²) >= 11 is 0. The molecule has 0 aliphatic rings. The van der Waals surface area contributed by atoms with Gasteiger partial charge in [-0.1, -0.05) is 6.07 Å². The molecule has 19 heavy (non-hydrogen) atoms. The number of aromatic nitrogens is 4. The van der Waals surface area contributed by atoms with E-state index in [1.165, 1.54) is 0 Å². The van der Waals surface area contributed by atoms with E-state index >= 15 is 0 Å². The van der Waals surface area contributed by atoms with Gasteiger partial charge >= 0.3 is 6.18 Å². The summed E-state index contributed by atoms with van der Waals surface area (Å²) in [7, 11) is 0. The van der Waals surface area contributed by atoms with Gasteiger partial charge in [0.25, 0.3) is 0 Å². The molecule has 98 valence electrons. The second-order valence-corrected chi connectivity index (χ2v) is 4.22. The van der Waals surface area contributed by atoms with E-state index in [1.807, 2.05) is 12.0 Å². The Labute approximate surface area is 105 Å². The van der Waals surface area contributed by atoms with Crippen molar-refractivity contribution in [3.63, 3.8) is 0 Å². The molecule has 0 saturated heterocycles. The van der Waals surface area contributed by atoms with Crippen molar-refractivity contribution in [2.75, 3.05) is 0 Å². The van der Waals surface area contributed by atoms with Gasteiger partial charge in [-0.05, 0) is 25.1 Å². The van der Waals surface area contributed by atoms with E-state index in [-0.39, 0.29) is 5.69 Å². The average Bonchev–Trinajstić information content (AvgIpc) is 2.90. The molecule has 0 fully saturated rings. The number of halogens is 3. The fraction of sp³-hybridized carbons (Fsp3) is 0.167. The lowest BCUT2D eigenvalue weighted by Crippen LogP contribution is -2.04. The minimum atomic E-state index is -4.42. The number of rotatable bonds is 1. The van der Waals surface area contributed by atoms with Crippen molar-refractivity contribution >= 4 is 11.0 Å². The van der Waals surface area contributed by atoms with Gasteiger partial charge in [0.15, 0.2) is 0 Å². The molecular formula is C12H9F3N4. The van der Waals surface area contributed by atoms with Crippen molar-refractivity contribution in [2.24, 2.45) is 0 Å². The first-order valence-electron chi connectivity index (χ1n) is 5.53. The average molecular weight is 266 g/mol. The Kier molecular flexibility index (Phi) is 2.38. The Hall–Kier alpha value is -2.31. The normalized spacial score (nSPS) is 12.2. The van der Waals surface area contributed by atoms with Gasteiger partial charge in [-0.25, -0.2) is 4.98 Å². The zero-order valence-corrected chi connectivity index (χ0v) is 9.84. The van der Waals surface area contributed by atoms with Gasteiger partial charge in [0.05, 0.1) is 16.7 Å². The molecule has 3 rings (SSSR count). The molecule has 0 radical (unpaired) electrons. The maximum Gasteiger partial charge on any atom is 0.432 e. The first-order valence-corrected chi connectivity index (χ1v) is 5.53. The molecule has 2 aromatic heterocycles. The second-order valence-electron chi connectivity index (χ2n) is 4.22. The molecule has 2 heterocycles. The van der Waals surface area contributed by atoms with Crippen LogP contribution >= 0.6 is 0 Å². The zero-order valence-electron chi connectivity index (χ0n) is 9.84. The number of alkyl halides is 3. The van der Waals surface area contributed by atoms with Crippen LogP contribution in [0.5, 0.6) is 0 Å². The topological polar surface area (TPSA) is 57.4 Å². The standard InChI is InChI=1S/C12H9F3N4/c1-6-16-8-3-2-7(4-10(8)17-6)9-5-11(19-18-9)12(13,14)15/h2-5H,1H3,(H,16,17)(H,18,19). The molecule has 0 amide bonds. The maximum absolute atomic E-state index is 12.5. The summed E-state index contributed by atoms with van der Waals surface area (Å²) in [5.41, 5.74) is 1.53. The fourth-order valence-corrected chi connectivity index (χ4v) is 1.91.